The van der Waals surface area contributed by atoms with Gasteiger partial charge in [0.05, 0.1) is 11.3 Å². The molecule has 0 saturated heterocycles. The van der Waals surface area contributed by atoms with E-state index < -0.39 is 0 Å². The monoisotopic (exact) mass is 366 g/mol. The summed E-state index contributed by atoms with van der Waals surface area (Å²) in [7, 11) is 2.04. The van der Waals surface area contributed by atoms with E-state index in [4.69, 9.17) is 9.73 Å². The van der Waals surface area contributed by atoms with Crippen molar-refractivity contribution in [3.05, 3.63) is 64.2 Å². The Hall–Kier alpha value is -2.62. The number of hydrogen-bond acceptors (Lipinski definition) is 3. The van der Waals surface area contributed by atoms with Gasteiger partial charge in [-0.15, -0.1) is 0 Å². The van der Waals surface area contributed by atoms with Crippen LogP contribution in [0.4, 0.5) is 5.69 Å². The molecule has 2 aromatic carbocycles. The van der Waals surface area contributed by atoms with Crippen molar-refractivity contribution in [1.29, 1.82) is 0 Å². The van der Waals surface area contributed by atoms with Crippen LogP contribution in [0, 0.1) is 20.8 Å². The third-order valence-corrected chi connectivity index (χ3v) is 4.73. The predicted molar refractivity (Wildman–Crippen MR) is 112 cm³/mol. The molecule has 4 heteroatoms. The van der Waals surface area contributed by atoms with Crippen molar-refractivity contribution in [2.75, 3.05) is 13.6 Å². The van der Waals surface area contributed by atoms with E-state index >= 15 is 0 Å². The molecule has 0 radical (unpaired) electrons. The third kappa shape index (κ3) is 5.43. The Balaban J connectivity index is 2.18. The van der Waals surface area contributed by atoms with Crippen LogP contribution in [0.1, 0.15) is 52.9 Å². The van der Waals surface area contributed by atoms with Gasteiger partial charge in [-0.05, 0) is 56.5 Å². The molecule has 0 saturated carbocycles. The van der Waals surface area contributed by atoms with Gasteiger partial charge in [-0.25, -0.2) is 9.79 Å². The molecular formula is C23H30N2O2. The van der Waals surface area contributed by atoms with Crippen LogP contribution in [0.2, 0.25) is 0 Å². The van der Waals surface area contributed by atoms with Gasteiger partial charge in [0.15, 0.2) is 0 Å². The van der Waals surface area contributed by atoms with E-state index in [0.29, 0.717) is 5.56 Å². The van der Waals surface area contributed by atoms with Gasteiger partial charge in [-0.2, -0.15) is 0 Å². The lowest BCUT2D eigenvalue weighted by Crippen LogP contribution is -2.25. The lowest BCUT2D eigenvalue weighted by molar-refractivity contribution is 0.0472. The summed E-state index contributed by atoms with van der Waals surface area (Å²) in [6.07, 6.45) is 0.864. The van der Waals surface area contributed by atoms with Gasteiger partial charge in [0.1, 0.15) is 12.4 Å². The first-order valence-electron chi connectivity index (χ1n) is 9.48. The van der Waals surface area contributed by atoms with E-state index in [9.17, 15) is 4.79 Å². The van der Waals surface area contributed by atoms with Crippen LogP contribution in [0.5, 0.6) is 0 Å². The van der Waals surface area contributed by atoms with Crippen LogP contribution in [-0.2, 0) is 11.3 Å². The van der Waals surface area contributed by atoms with E-state index in [1.54, 1.807) is 0 Å². The summed E-state index contributed by atoms with van der Waals surface area (Å²) in [6.45, 7) is 11.3. The molecule has 0 aliphatic heterocycles. The minimum absolute atomic E-state index is 0.277. The Bertz CT molecular complexity index is 823. The lowest BCUT2D eigenvalue weighted by Gasteiger charge is -2.19. The fourth-order valence-electron chi connectivity index (χ4n) is 2.81. The van der Waals surface area contributed by atoms with Gasteiger partial charge in [-0.3, -0.25) is 0 Å². The molecule has 4 nitrogen and oxygen atoms in total. The molecule has 144 valence electrons. The van der Waals surface area contributed by atoms with Crippen molar-refractivity contribution >= 4 is 17.5 Å². The topological polar surface area (TPSA) is 41.9 Å². The Kier molecular flexibility index (Phi) is 7.17. The maximum absolute atomic E-state index is 12.5. The quantitative estimate of drug-likeness (QED) is 0.392. The van der Waals surface area contributed by atoms with Crippen molar-refractivity contribution in [3.8, 4) is 0 Å². The molecular weight excluding hydrogens is 336 g/mol. The Morgan fingerprint density at radius 1 is 1.04 bits per heavy atom. The number of nitrogens with zero attached hydrogens (tertiary/aromatic N) is 2. The normalized spacial score (nSPS) is 11.4. The number of rotatable bonds is 6. The maximum atomic E-state index is 12.5. The first-order valence-corrected chi connectivity index (χ1v) is 9.48. The van der Waals surface area contributed by atoms with E-state index in [1.165, 1.54) is 5.56 Å². The van der Waals surface area contributed by atoms with Crippen molar-refractivity contribution in [1.82, 2.24) is 4.90 Å². The molecule has 0 N–H and O–H groups in total. The van der Waals surface area contributed by atoms with E-state index in [-0.39, 0.29) is 12.6 Å². The highest BCUT2D eigenvalue weighted by atomic mass is 16.5. The van der Waals surface area contributed by atoms with Crippen LogP contribution >= 0.6 is 0 Å². The second-order valence-electron chi connectivity index (χ2n) is 6.91. The molecule has 0 spiro atoms. The minimum Gasteiger partial charge on any atom is -0.457 e. The Labute approximate surface area is 162 Å². The molecule has 0 unspecified atom stereocenters. The summed E-state index contributed by atoms with van der Waals surface area (Å²) < 4.78 is 5.50. The fourth-order valence-corrected chi connectivity index (χ4v) is 2.81. The van der Waals surface area contributed by atoms with Crippen molar-refractivity contribution in [2.45, 2.75) is 47.6 Å². The van der Waals surface area contributed by atoms with Gasteiger partial charge in [0, 0.05) is 20.0 Å². The maximum Gasteiger partial charge on any atom is 0.338 e. The van der Waals surface area contributed by atoms with E-state index in [0.717, 1.165) is 41.2 Å². The second kappa shape index (κ2) is 9.36. The lowest BCUT2D eigenvalue weighted by atomic mass is 10.0. The molecule has 0 heterocycles. The van der Waals surface area contributed by atoms with Gasteiger partial charge >= 0.3 is 5.97 Å². The number of amidine groups is 1. The summed E-state index contributed by atoms with van der Waals surface area (Å²) in [4.78, 5) is 19.5. The first kappa shape index (κ1) is 20.7. The SMILES string of the molecule is CCC(=Nc1cc(C)c(C(=O)OCc2ccc(C)cc2)cc1C)N(C)CC. The fraction of sp³-hybridized carbons (Fsp3) is 0.391. The molecule has 0 aliphatic carbocycles. The molecule has 0 amide bonds. The van der Waals surface area contributed by atoms with Crippen molar-refractivity contribution in [2.24, 2.45) is 4.99 Å². The minimum atomic E-state index is -0.298. The number of aliphatic imine (C=N–C) groups is 1. The van der Waals surface area contributed by atoms with E-state index in [1.807, 2.05) is 64.2 Å². The largest absolute Gasteiger partial charge is 0.457 e. The zero-order valence-corrected chi connectivity index (χ0v) is 17.3. The highest BCUT2D eigenvalue weighted by molar-refractivity contribution is 5.92. The van der Waals surface area contributed by atoms with Crippen LogP contribution in [0.15, 0.2) is 41.4 Å². The summed E-state index contributed by atoms with van der Waals surface area (Å²) in [5.74, 6) is 0.739. The highest BCUT2D eigenvalue weighted by Gasteiger charge is 2.14. The van der Waals surface area contributed by atoms with Crippen LogP contribution in [0.3, 0.4) is 0 Å². The number of ether oxygens (including phenoxy) is 1. The molecule has 2 rings (SSSR count). The summed E-state index contributed by atoms with van der Waals surface area (Å²) >= 11 is 0. The number of carbonyl (C=O) groups excluding carboxylic acids is 1. The molecule has 0 aliphatic rings. The number of carbonyl (C=O) groups is 1. The molecule has 0 bridgehead atoms. The van der Waals surface area contributed by atoms with Gasteiger partial charge in [0.25, 0.3) is 0 Å². The second-order valence-corrected chi connectivity index (χ2v) is 6.91. The average molecular weight is 367 g/mol. The Morgan fingerprint density at radius 2 is 1.70 bits per heavy atom. The van der Waals surface area contributed by atoms with Gasteiger partial charge in [-0.1, -0.05) is 36.8 Å². The Morgan fingerprint density at radius 3 is 2.30 bits per heavy atom. The van der Waals surface area contributed by atoms with Gasteiger partial charge < -0.3 is 9.64 Å². The van der Waals surface area contributed by atoms with E-state index in [2.05, 4.69) is 18.7 Å². The third-order valence-electron chi connectivity index (χ3n) is 4.73. The number of aryl methyl sites for hydroxylation is 3. The van der Waals surface area contributed by atoms with Crippen molar-refractivity contribution in [3.63, 3.8) is 0 Å². The van der Waals surface area contributed by atoms with Crippen molar-refractivity contribution < 1.29 is 9.53 Å². The summed E-state index contributed by atoms with van der Waals surface area (Å²) in [5, 5.41) is 0. The summed E-state index contributed by atoms with van der Waals surface area (Å²) in [6, 6.07) is 11.8. The standard InChI is InChI=1S/C23H30N2O2/c1-7-22(25(6)8-2)24-21-14-17(4)20(13-18(21)5)23(26)27-15-19-11-9-16(3)10-12-19/h9-14H,7-8,15H2,1-6H3. The summed E-state index contributed by atoms with van der Waals surface area (Å²) in [5.41, 5.74) is 5.52. The average Bonchev–Trinajstić information content (AvgIpc) is 2.66. The number of esters is 1. The van der Waals surface area contributed by atoms with Gasteiger partial charge in [0.2, 0.25) is 0 Å². The van der Waals surface area contributed by atoms with Crippen LogP contribution < -0.4 is 0 Å². The predicted octanol–water partition coefficient (Wildman–Crippen LogP) is 5.36. The highest BCUT2D eigenvalue weighted by Crippen LogP contribution is 2.25. The first-order chi connectivity index (χ1) is 12.8. The van der Waals surface area contributed by atoms with Crippen LogP contribution in [0.25, 0.3) is 0 Å². The molecule has 0 atom stereocenters. The molecule has 2 aromatic rings. The zero-order chi connectivity index (χ0) is 20.0. The molecule has 0 fully saturated rings. The number of hydrogen-bond donors (Lipinski definition) is 0. The molecule has 27 heavy (non-hydrogen) atoms. The zero-order valence-electron chi connectivity index (χ0n) is 17.3. The smallest absolute Gasteiger partial charge is 0.338 e. The molecule has 0 aromatic heterocycles. The number of benzene rings is 2. The van der Waals surface area contributed by atoms with Crippen LogP contribution in [-0.4, -0.2) is 30.3 Å².